The van der Waals surface area contributed by atoms with Crippen LogP contribution < -0.4 is 20.3 Å². The monoisotopic (exact) mass is 591 g/mol. The molecule has 0 bridgehead atoms. The number of piperidine rings is 1. The Kier molecular flexibility index (Phi) is 7.29. The van der Waals surface area contributed by atoms with Crippen molar-refractivity contribution in [2.75, 3.05) is 19.9 Å². The van der Waals surface area contributed by atoms with Crippen molar-refractivity contribution in [3.05, 3.63) is 28.4 Å². The van der Waals surface area contributed by atoms with Gasteiger partial charge in [0.25, 0.3) is 0 Å². The second kappa shape index (κ2) is 10.6. The van der Waals surface area contributed by atoms with Gasteiger partial charge in [-0.2, -0.15) is 0 Å². The average molecular weight is 592 g/mol. The van der Waals surface area contributed by atoms with Crippen molar-refractivity contribution in [2.45, 2.75) is 48.8 Å². The lowest BCUT2D eigenvalue weighted by molar-refractivity contribution is -0.134. The summed E-state index contributed by atoms with van der Waals surface area (Å²) in [5.74, 6) is 1.43. The summed E-state index contributed by atoms with van der Waals surface area (Å²) >= 11 is 4.99. The Balaban J connectivity index is 1.28. The smallest absolute Gasteiger partial charge is 0.405 e. The van der Waals surface area contributed by atoms with E-state index in [1.54, 1.807) is 18.2 Å². The Hall–Kier alpha value is -3.26. The van der Waals surface area contributed by atoms with Crippen LogP contribution in [0.2, 0.25) is 0 Å². The molecule has 2 aliphatic rings. The summed E-state index contributed by atoms with van der Waals surface area (Å²) < 4.78 is 13.7. The summed E-state index contributed by atoms with van der Waals surface area (Å²) in [5.41, 5.74) is 1.31. The first-order valence-corrected chi connectivity index (χ1v) is 13.4. The Morgan fingerprint density at radius 1 is 1.38 bits per heavy atom. The van der Waals surface area contributed by atoms with Crippen LogP contribution in [0, 0.1) is 11.3 Å². The van der Waals surface area contributed by atoms with Gasteiger partial charge in [-0.05, 0) is 60.2 Å². The SMILES string of the molecule is C[C@@H](NC(=O)O)C(=O)N1CCCC(CCn2cnc(=N)c3[nH]c(Sc4cc5c(cc4Br)OCO5)nc32)C1. The van der Waals surface area contributed by atoms with Gasteiger partial charge in [-0.3, -0.25) is 10.2 Å². The number of aromatic amines is 1. The number of ether oxygens (including phenoxy) is 2. The molecule has 2 amide bonds. The Morgan fingerprint density at radius 2 is 2.16 bits per heavy atom. The van der Waals surface area contributed by atoms with E-state index in [-0.39, 0.29) is 24.1 Å². The van der Waals surface area contributed by atoms with Gasteiger partial charge in [0.2, 0.25) is 12.7 Å². The first-order chi connectivity index (χ1) is 17.8. The van der Waals surface area contributed by atoms with E-state index < -0.39 is 12.1 Å². The zero-order chi connectivity index (χ0) is 26.1. The molecule has 1 fully saturated rings. The Morgan fingerprint density at radius 3 is 2.95 bits per heavy atom. The zero-order valence-electron chi connectivity index (χ0n) is 20.0. The maximum atomic E-state index is 12.6. The highest BCUT2D eigenvalue weighted by molar-refractivity contribution is 9.10. The largest absolute Gasteiger partial charge is 0.465 e. The van der Waals surface area contributed by atoms with Crippen LogP contribution in [0.25, 0.3) is 11.2 Å². The number of rotatable bonds is 7. The molecule has 1 saturated heterocycles. The Bertz CT molecular complexity index is 1410. The summed E-state index contributed by atoms with van der Waals surface area (Å²) in [6.07, 6.45) is 3.07. The standard InChI is InChI=1S/C23H26BrN7O5S/c1-12(27-23(33)34)21(32)30-5-2-3-13(9-30)4-6-31-10-26-19(25)18-20(31)29-22(28-18)37-17-8-16-15(7-14(17)24)35-11-36-16/h7-8,10,12-13,25,27H,2-6,9,11H2,1H3,(H,28,29)(H,33,34)/t12-,13?/m1/s1. The van der Waals surface area contributed by atoms with E-state index in [1.807, 2.05) is 16.7 Å². The molecule has 3 aromatic rings. The predicted octanol–water partition coefficient (Wildman–Crippen LogP) is 3.17. The van der Waals surface area contributed by atoms with Gasteiger partial charge in [-0.15, -0.1) is 0 Å². The number of imidazole rings is 1. The number of benzene rings is 1. The van der Waals surface area contributed by atoms with E-state index in [2.05, 4.69) is 31.2 Å². The third kappa shape index (κ3) is 5.54. The minimum absolute atomic E-state index is 0.115. The number of hydrogen-bond acceptors (Lipinski definition) is 8. The number of likely N-dealkylation sites (tertiary alicyclic amines) is 1. The minimum Gasteiger partial charge on any atom is -0.465 e. The molecule has 5 rings (SSSR count). The molecule has 0 spiro atoms. The average Bonchev–Trinajstić information content (AvgIpc) is 3.50. The number of fused-ring (bicyclic) bond motifs is 2. The van der Waals surface area contributed by atoms with Crippen LogP contribution in [-0.4, -0.2) is 67.5 Å². The molecule has 14 heteroatoms. The second-order valence-electron chi connectivity index (χ2n) is 9.02. The number of hydrogen-bond donors (Lipinski definition) is 4. The molecule has 2 atom stereocenters. The van der Waals surface area contributed by atoms with Crippen LogP contribution in [0.4, 0.5) is 4.79 Å². The van der Waals surface area contributed by atoms with Crippen LogP contribution in [0.1, 0.15) is 26.2 Å². The number of carboxylic acid groups (broad SMARTS) is 1. The molecule has 4 N–H and O–H groups in total. The summed E-state index contributed by atoms with van der Waals surface area (Å²) in [7, 11) is 0. The molecule has 196 valence electrons. The first-order valence-electron chi connectivity index (χ1n) is 11.8. The van der Waals surface area contributed by atoms with Crippen LogP contribution in [0.3, 0.4) is 0 Å². The summed E-state index contributed by atoms with van der Waals surface area (Å²) in [4.78, 5) is 38.4. The molecule has 12 nitrogen and oxygen atoms in total. The molecule has 1 aromatic carbocycles. The molecular formula is C23H26BrN7O5S. The van der Waals surface area contributed by atoms with Crippen molar-refractivity contribution in [1.29, 1.82) is 5.41 Å². The maximum absolute atomic E-state index is 12.6. The normalized spacial score (nSPS) is 17.7. The quantitative estimate of drug-likeness (QED) is 0.326. The molecule has 1 unspecified atom stereocenters. The third-order valence-corrected chi connectivity index (χ3v) is 8.31. The number of aromatic nitrogens is 4. The van der Waals surface area contributed by atoms with E-state index in [4.69, 9.17) is 25.0 Å². The van der Waals surface area contributed by atoms with Crippen molar-refractivity contribution < 1.29 is 24.2 Å². The van der Waals surface area contributed by atoms with Gasteiger partial charge in [0.05, 0.1) is 6.33 Å². The van der Waals surface area contributed by atoms with Gasteiger partial charge in [-0.25, -0.2) is 14.8 Å². The van der Waals surface area contributed by atoms with Gasteiger partial charge < -0.3 is 34.3 Å². The third-order valence-electron chi connectivity index (χ3n) is 6.45. The van der Waals surface area contributed by atoms with Gasteiger partial charge in [0, 0.05) is 29.0 Å². The lowest BCUT2D eigenvalue weighted by atomic mass is 9.94. The number of nitrogens with one attached hydrogen (secondary N) is 3. The van der Waals surface area contributed by atoms with E-state index in [0.717, 1.165) is 28.6 Å². The molecule has 0 radical (unpaired) electrons. The Labute approximate surface area is 224 Å². The maximum Gasteiger partial charge on any atom is 0.405 e. The van der Waals surface area contributed by atoms with Crippen molar-refractivity contribution in [2.24, 2.45) is 5.92 Å². The lowest BCUT2D eigenvalue weighted by Gasteiger charge is -2.34. The summed E-state index contributed by atoms with van der Waals surface area (Å²) in [5, 5.41) is 20.0. The van der Waals surface area contributed by atoms with Crippen LogP contribution in [0.15, 0.2) is 33.0 Å². The molecule has 2 aliphatic heterocycles. The van der Waals surface area contributed by atoms with E-state index >= 15 is 0 Å². The predicted molar refractivity (Wildman–Crippen MR) is 137 cm³/mol. The van der Waals surface area contributed by atoms with Gasteiger partial charge in [0.1, 0.15) is 11.6 Å². The number of halogens is 1. The fraction of sp³-hybridized carbons (Fsp3) is 0.435. The minimum atomic E-state index is -1.21. The van der Waals surface area contributed by atoms with Crippen molar-refractivity contribution >= 4 is 50.9 Å². The van der Waals surface area contributed by atoms with Crippen LogP contribution >= 0.6 is 27.7 Å². The van der Waals surface area contributed by atoms with Gasteiger partial charge >= 0.3 is 6.09 Å². The molecular weight excluding hydrogens is 566 g/mol. The second-order valence-corrected chi connectivity index (χ2v) is 10.9. The number of aryl methyl sites for hydroxylation is 1. The lowest BCUT2D eigenvalue weighted by Crippen LogP contribution is -2.49. The molecule has 37 heavy (non-hydrogen) atoms. The van der Waals surface area contributed by atoms with Crippen LogP contribution in [-0.2, 0) is 11.3 Å². The fourth-order valence-electron chi connectivity index (χ4n) is 4.60. The van der Waals surface area contributed by atoms with Crippen molar-refractivity contribution in [3.63, 3.8) is 0 Å². The molecule has 4 heterocycles. The summed E-state index contributed by atoms with van der Waals surface area (Å²) in [6, 6.07) is 2.98. The highest BCUT2D eigenvalue weighted by Crippen LogP contribution is 2.42. The molecule has 2 aromatic heterocycles. The first kappa shape index (κ1) is 25.4. The van der Waals surface area contributed by atoms with Crippen molar-refractivity contribution in [1.82, 2.24) is 29.7 Å². The van der Waals surface area contributed by atoms with Crippen LogP contribution in [0.5, 0.6) is 11.5 Å². The number of H-pyrrole nitrogens is 1. The van der Waals surface area contributed by atoms with Gasteiger partial charge in [-0.1, -0.05) is 11.8 Å². The highest BCUT2D eigenvalue weighted by Gasteiger charge is 2.27. The fourth-order valence-corrected chi connectivity index (χ4v) is 5.98. The molecule has 0 aliphatic carbocycles. The number of nitrogens with zero attached hydrogens (tertiary/aromatic N) is 4. The summed E-state index contributed by atoms with van der Waals surface area (Å²) in [6.45, 7) is 3.60. The number of amides is 2. The van der Waals surface area contributed by atoms with Gasteiger partial charge in [0.15, 0.2) is 27.8 Å². The van der Waals surface area contributed by atoms with E-state index in [1.165, 1.54) is 11.8 Å². The van der Waals surface area contributed by atoms with E-state index in [9.17, 15) is 9.59 Å². The topological polar surface area (TPSA) is 158 Å². The van der Waals surface area contributed by atoms with E-state index in [0.29, 0.717) is 47.5 Å². The number of carbonyl (C=O) groups is 2. The molecule has 0 saturated carbocycles. The zero-order valence-corrected chi connectivity index (χ0v) is 22.4. The highest BCUT2D eigenvalue weighted by atomic mass is 79.9. The van der Waals surface area contributed by atoms with Crippen molar-refractivity contribution in [3.8, 4) is 11.5 Å². The number of carbonyl (C=O) groups excluding carboxylic acids is 1.